The van der Waals surface area contributed by atoms with E-state index in [0.717, 1.165) is 15.7 Å². The monoisotopic (exact) mass is 483 g/mol. The molecule has 0 saturated carbocycles. The van der Waals surface area contributed by atoms with Crippen LogP contribution in [0.5, 0.6) is 11.5 Å². The summed E-state index contributed by atoms with van der Waals surface area (Å²) in [5.74, 6) is 0.0351. The number of pyridine rings is 1. The van der Waals surface area contributed by atoms with E-state index in [1.54, 1.807) is 37.3 Å². The van der Waals surface area contributed by atoms with Crippen LogP contribution in [0.3, 0.4) is 0 Å². The van der Waals surface area contributed by atoms with Crippen molar-refractivity contribution in [2.45, 2.75) is 13.8 Å². The number of hydrogen-bond donors (Lipinski definition) is 2. The number of carbonyl (C=O) groups is 2. The molecule has 2 N–H and O–H groups in total. The number of nitrogens with one attached hydrogen (secondary N) is 2. The lowest BCUT2D eigenvalue weighted by atomic mass is 10.1. The maximum Gasteiger partial charge on any atom is 0.276 e. The lowest BCUT2D eigenvalue weighted by Crippen LogP contribution is -2.44. The summed E-state index contributed by atoms with van der Waals surface area (Å²) in [6.45, 7) is 3.81. The van der Waals surface area contributed by atoms with E-state index >= 15 is 0 Å². The van der Waals surface area contributed by atoms with Crippen LogP contribution in [0.15, 0.2) is 65.1 Å². The molecule has 2 aromatic carbocycles. The second kappa shape index (κ2) is 10.6. The van der Waals surface area contributed by atoms with Crippen LogP contribution in [0, 0.1) is 6.92 Å². The Hall–Kier alpha value is -3.39. The fraction of sp³-hybridized carbons (Fsp3) is 0.174. The fourth-order valence-corrected chi connectivity index (χ4v) is 3.23. The Balaban J connectivity index is 1.56. The first-order valence-corrected chi connectivity index (χ1v) is 10.4. The molecular weight excluding hydrogens is 462 g/mol. The Morgan fingerprint density at radius 3 is 2.39 bits per heavy atom. The normalized spacial score (nSPS) is 10.3. The Morgan fingerprint density at radius 2 is 1.71 bits per heavy atom. The molecule has 1 aromatic heterocycles. The van der Waals surface area contributed by atoms with E-state index < -0.39 is 11.8 Å². The van der Waals surface area contributed by atoms with Crippen LogP contribution in [0.1, 0.15) is 23.0 Å². The van der Waals surface area contributed by atoms with Crippen molar-refractivity contribution in [2.24, 2.45) is 0 Å². The van der Waals surface area contributed by atoms with Gasteiger partial charge >= 0.3 is 0 Å². The van der Waals surface area contributed by atoms with E-state index in [1.165, 1.54) is 0 Å². The number of aromatic nitrogens is 1. The van der Waals surface area contributed by atoms with E-state index in [9.17, 15) is 9.59 Å². The average Bonchev–Trinajstić information content (AvgIpc) is 2.77. The summed E-state index contributed by atoms with van der Waals surface area (Å²) in [6.07, 6.45) is 0. The van der Waals surface area contributed by atoms with E-state index in [4.69, 9.17) is 9.47 Å². The van der Waals surface area contributed by atoms with Crippen LogP contribution in [0.25, 0.3) is 11.3 Å². The molecule has 0 aliphatic heterocycles. The van der Waals surface area contributed by atoms with Crippen molar-refractivity contribution in [3.63, 3.8) is 0 Å². The largest absolute Gasteiger partial charge is 0.490 e. The topological polar surface area (TPSA) is 89.5 Å². The Labute approximate surface area is 188 Å². The molecule has 1 heterocycles. The van der Waals surface area contributed by atoms with Gasteiger partial charge in [-0.05, 0) is 50.2 Å². The van der Waals surface area contributed by atoms with E-state index in [-0.39, 0.29) is 6.61 Å². The predicted octanol–water partition coefficient (Wildman–Crippen LogP) is 4.06. The van der Waals surface area contributed by atoms with Crippen LogP contribution in [-0.4, -0.2) is 30.0 Å². The van der Waals surface area contributed by atoms with E-state index in [1.807, 2.05) is 37.3 Å². The molecule has 0 unspecified atom stereocenters. The van der Waals surface area contributed by atoms with Crippen molar-refractivity contribution < 1.29 is 19.1 Å². The van der Waals surface area contributed by atoms with Gasteiger partial charge in [-0.15, -0.1) is 0 Å². The van der Waals surface area contributed by atoms with Crippen molar-refractivity contribution in [2.75, 3.05) is 13.2 Å². The average molecular weight is 484 g/mol. The molecule has 0 spiro atoms. The second-order valence-corrected chi connectivity index (χ2v) is 7.43. The molecule has 7 nitrogen and oxygen atoms in total. The summed E-state index contributed by atoms with van der Waals surface area (Å²) in [7, 11) is 0. The summed E-state index contributed by atoms with van der Waals surface area (Å²) in [6, 6.07) is 18.2. The minimum absolute atomic E-state index is 0.274. The third-order valence-corrected chi connectivity index (χ3v) is 4.77. The summed E-state index contributed by atoms with van der Waals surface area (Å²) >= 11 is 3.44. The highest BCUT2D eigenvalue weighted by Gasteiger charge is 2.13. The molecule has 3 rings (SSSR count). The molecule has 0 atom stereocenters. The van der Waals surface area contributed by atoms with Gasteiger partial charge < -0.3 is 9.47 Å². The van der Waals surface area contributed by atoms with E-state index in [2.05, 4.69) is 31.8 Å². The maximum absolute atomic E-state index is 12.5. The smallest absolute Gasteiger partial charge is 0.276 e. The van der Waals surface area contributed by atoms with E-state index in [0.29, 0.717) is 29.4 Å². The summed E-state index contributed by atoms with van der Waals surface area (Å²) < 4.78 is 11.9. The third kappa shape index (κ3) is 6.05. The van der Waals surface area contributed by atoms with Gasteiger partial charge in [0.2, 0.25) is 0 Å². The highest BCUT2D eigenvalue weighted by atomic mass is 79.9. The number of hydrogen-bond acceptors (Lipinski definition) is 5. The number of aryl methyl sites for hydroxylation is 1. The van der Waals surface area contributed by atoms with Crippen LogP contribution >= 0.6 is 15.9 Å². The molecule has 0 fully saturated rings. The quantitative estimate of drug-likeness (QED) is 0.494. The van der Waals surface area contributed by atoms with Crippen LogP contribution in [-0.2, 0) is 4.79 Å². The first-order valence-electron chi connectivity index (χ1n) is 9.65. The molecule has 0 radical (unpaired) electrons. The second-order valence-electron chi connectivity index (χ2n) is 6.51. The number of hydrazine groups is 1. The van der Waals surface area contributed by atoms with Crippen molar-refractivity contribution in [3.05, 3.63) is 76.4 Å². The van der Waals surface area contributed by atoms with Crippen molar-refractivity contribution in [1.29, 1.82) is 0 Å². The number of ether oxygens (including phenoxy) is 2. The molecular formula is C23H22BrN3O4. The predicted molar refractivity (Wildman–Crippen MR) is 121 cm³/mol. The molecule has 160 valence electrons. The molecule has 0 bridgehead atoms. The molecule has 2 amide bonds. The lowest BCUT2D eigenvalue weighted by Gasteiger charge is -2.12. The minimum atomic E-state index is -0.504. The van der Waals surface area contributed by atoms with Gasteiger partial charge in [-0.1, -0.05) is 40.2 Å². The number of halogens is 1. The number of para-hydroxylation sites is 2. The Morgan fingerprint density at radius 1 is 0.968 bits per heavy atom. The first-order chi connectivity index (χ1) is 15.0. The number of carbonyl (C=O) groups excluding carboxylic acids is 2. The minimum Gasteiger partial charge on any atom is -0.490 e. The molecule has 31 heavy (non-hydrogen) atoms. The summed E-state index contributed by atoms with van der Waals surface area (Å²) in [5, 5.41) is 0. The first kappa shape index (κ1) is 22.3. The standard InChI is InChI=1S/C23H22BrN3O4/c1-3-30-20-9-4-5-10-21(20)31-14-22(28)26-27-23(29)18-11-12-19(25-15(18)2)16-7-6-8-17(24)13-16/h4-13H,3,14H2,1-2H3,(H,26,28)(H,27,29). The van der Waals surface area contributed by atoms with Crippen molar-refractivity contribution in [3.8, 4) is 22.8 Å². The van der Waals surface area contributed by atoms with Gasteiger partial charge in [-0.3, -0.25) is 25.4 Å². The van der Waals surface area contributed by atoms with Gasteiger partial charge in [0, 0.05) is 10.0 Å². The highest BCUT2D eigenvalue weighted by Crippen LogP contribution is 2.26. The SMILES string of the molecule is CCOc1ccccc1OCC(=O)NNC(=O)c1ccc(-c2cccc(Br)c2)nc1C. The molecule has 0 saturated heterocycles. The molecule has 8 heteroatoms. The zero-order valence-corrected chi connectivity index (χ0v) is 18.7. The number of amides is 2. The Kier molecular flexibility index (Phi) is 7.61. The molecule has 0 aliphatic carbocycles. The zero-order valence-electron chi connectivity index (χ0n) is 17.1. The lowest BCUT2D eigenvalue weighted by molar-refractivity contribution is -0.123. The van der Waals surface area contributed by atoms with Crippen LogP contribution < -0.4 is 20.3 Å². The molecule has 3 aromatic rings. The van der Waals surface area contributed by atoms with Gasteiger partial charge in [-0.2, -0.15) is 0 Å². The third-order valence-electron chi connectivity index (χ3n) is 4.27. The molecule has 0 aliphatic rings. The van der Waals surface area contributed by atoms with Gasteiger partial charge in [-0.25, -0.2) is 0 Å². The number of benzene rings is 2. The van der Waals surface area contributed by atoms with Gasteiger partial charge in [0.05, 0.1) is 23.6 Å². The van der Waals surface area contributed by atoms with Gasteiger partial charge in [0.15, 0.2) is 18.1 Å². The van der Waals surface area contributed by atoms with Crippen molar-refractivity contribution in [1.82, 2.24) is 15.8 Å². The summed E-state index contributed by atoms with van der Waals surface area (Å²) in [4.78, 5) is 29.0. The number of nitrogens with zero attached hydrogens (tertiary/aromatic N) is 1. The Bertz CT molecular complexity index is 1090. The highest BCUT2D eigenvalue weighted by molar-refractivity contribution is 9.10. The number of rotatable bonds is 7. The zero-order chi connectivity index (χ0) is 22.2. The summed E-state index contributed by atoms with van der Waals surface area (Å²) in [5.41, 5.74) is 7.33. The van der Waals surface area contributed by atoms with Gasteiger partial charge in [0.1, 0.15) is 0 Å². The fourth-order valence-electron chi connectivity index (χ4n) is 2.83. The van der Waals surface area contributed by atoms with Crippen LogP contribution in [0.4, 0.5) is 0 Å². The van der Waals surface area contributed by atoms with Crippen molar-refractivity contribution >= 4 is 27.7 Å². The van der Waals surface area contributed by atoms with Gasteiger partial charge in [0.25, 0.3) is 11.8 Å². The maximum atomic E-state index is 12.5. The van der Waals surface area contributed by atoms with Crippen LogP contribution in [0.2, 0.25) is 0 Å².